The lowest BCUT2D eigenvalue weighted by Crippen LogP contribution is -2.38. The maximum absolute atomic E-state index is 5.55. The summed E-state index contributed by atoms with van der Waals surface area (Å²) in [6.45, 7) is 1.38. The first-order valence-corrected chi connectivity index (χ1v) is 3.99. The van der Waals surface area contributed by atoms with Crippen LogP contribution in [0.5, 0.6) is 0 Å². The van der Waals surface area contributed by atoms with E-state index in [0.717, 1.165) is 12.8 Å². The molecular formula is C9H12O2. The summed E-state index contributed by atoms with van der Waals surface area (Å²) < 4.78 is 11.1. The minimum atomic E-state index is -0.316. The first kappa shape index (κ1) is 7.07. The zero-order valence-corrected chi connectivity index (χ0v) is 6.45. The van der Waals surface area contributed by atoms with Gasteiger partial charge in [-0.05, 0) is 0 Å². The molecule has 1 spiro atoms. The van der Waals surface area contributed by atoms with Crippen molar-refractivity contribution in [3.05, 3.63) is 24.3 Å². The molecule has 2 heterocycles. The van der Waals surface area contributed by atoms with Gasteiger partial charge in [0.2, 0.25) is 0 Å². The Kier molecular flexibility index (Phi) is 1.80. The smallest absolute Gasteiger partial charge is 0.175 e. The van der Waals surface area contributed by atoms with Gasteiger partial charge in [-0.2, -0.15) is 0 Å². The molecule has 0 amide bonds. The van der Waals surface area contributed by atoms with Crippen LogP contribution in [-0.4, -0.2) is 19.0 Å². The lowest BCUT2D eigenvalue weighted by molar-refractivity contribution is -0.229. The highest BCUT2D eigenvalue weighted by Crippen LogP contribution is 2.28. The largest absolute Gasteiger partial charge is 0.345 e. The molecular weight excluding hydrogens is 140 g/mol. The summed E-state index contributed by atoms with van der Waals surface area (Å²) >= 11 is 0. The van der Waals surface area contributed by atoms with E-state index in [9.17, 15) is 0 Å². The van der Waals surface area contributed by atoms with Gasteiger partial charge in [-0.15, -0.1) is 0 Å². The van der Waals surface area contributed by atoms with Crippen molar-refractivity contribution in [2.75, 3.05) is 13.2 Å². The quantitative estimate of drug-likeness (QED) is 0.491. The van der Waals surface area contributed by atoms with Crippen LogP contribution < -0.4 is 0 Å². The molecule has 0 atom stereocenters. The van der Waals surface area contributed by atoms with Gasteiger partial charge >= 0.3 is 0 Å². The summed E-state index contributed by atoms with van der Waals surface area (Å²) in [4.78, 5) is 0. The van der Waals surface area contributed by atoms with Crippen LogP contribution in [0.4, 0.5) is 0 Å². The van der Waals surface area contributed by atoms with E-state index in [4.69, 9.17) is 9.47 Å². The van der Waals surface area contributed by atoms with Gasteiger partial charge in [-0.3, -0.25) is 0 Å². The monoisotopic (exact) mass is 152 g/mol. The van der Waals surface area contributed by atoms with E-state index in [0.29, 0.717) is 13.2 Å². The summed E-state index contributed by atoms with van der Waals surface area (Å²) in [7, 11) is 0. The van der Waals surface area contributed by atoms with Crippen LogP contribution in [-0.2, 0) is 9.47 Å². The molecule has 0 aromatic rings. The second-order valence-electron chi connectivity index (χ2n) is 2.88. The summed E-state index contributed by atoms with van der Waals surface area (Å²) in [5.41, 5.74) is 0. The van der Waals surface area contributed by atoms with E-state index in [2.05, 4.69) is 12.2 Å². The lowest BCUT2D eigenvalue weighted by atomic mass is 10.0. The Bertz CT molecular complexity index is 172. The van der Waals surface area contributed by atoms with Gasteiger partial charge in [0, 0.05) is 12.8 Å². The normalized spacial score (nSPS) is 27.6. The van der Waals surface area contributed by atoms with Crippen molar-refractivity contribution < 1.29 is 9.47 Å². The van der Waals surface area contributed by atoms with Crippen molar-refractivity contribution >= 4 is 0 Å². The minimum absolute atomic E-state index is 0.316. The molecule has 0 unspecified atom stereocenters. The Balaban J connectivity index is 2.09. The van der Waals surface area contributed by atoms with Crippen molar-refractivity contribution in [3.8, 4) is 0 Å². The summed E-state index contributed by atoms with van der Waals surface area (Å²) in [5, 5.41) is 0. The number of rotatable bonds is 0. The molecule has 2 rings (SSSR count). The SMILES string of the molecule is C1=CCC2(CC=CCO2)OC1. The van der Waals surface area contributed by atoms with Crippen LogP contribution in [0.15, 0.2) is 24.3 Å². The van der Waals surface area contributed by atoms with Gasteiger partial charge in [0.05, 0.1) is 13.2 Å². The van der Waals surface area contributed by atoms with E-state index >= 15 is 0 Å². The fourth-order valence-corrected chi connectivity index (χ4v) is 1.42. The highest BCUT2D eigenvalue weighted by molar-refractivity contribution is 5.00. The maximum atomic E-state index is 5.55. The Labute approximate surface area is 66.5 Å². The predicted molar refractivity (Wildman–Crippen MR) is 42.1 cm³/mol. The standard InChI is InChI=1S/C9H12O2/c1-3-7-10-9(5-1)6-2-4-8-11-9/h1-4H,5-8H2. The predicted octanol–water partition coefficient (Wildman–Crippen LogP) is 1.64. The zero-order chi connectivity index (χ0) is 7.57. The third kappa shape index (κ3) is 1.37. The van der Waals surface area contributed by atoms with E-state index in [1.807, 2.05) is 12.2 Å². The molecule has 0 aromatic carbocycles. The van der Waals surface area contributed by atoms with E-state index in [1.165, 1.54) is 0 Å². The van der Waals surface area contributed by atoms with Crippen LogP contribution in [0.1, 0.15) is 12.8 Å². The molecule has 2 aliphatic heterocycles. The Morgan fingerprint density at radius 3 is 1.73 bits per heavy atom. The van der Waals surface area contributed by atoms with Gasteiger partial charge in [0.1, 0.15) is 0 Å². The molecule has 60 valence electrons. The average molecular weight is 152 g/mol. The van der Waals surface area contributed by atoms with E-state index in [1.54, 1.807) is 0 Å². The van der Waals surface area contributed by atoms with Gasteiger partial charge in [0.15, 0.2) is 5.79 Å². The molecule has 0 fully saturated rings. The van der Waals surface area contributed by atoms with Crippen molar-refractivity contribution in [2.24, 2.45) is 0 Å². The van der Waals surface area contributed by atoms with Crippen LogP contribution in [0.25, 0.3) is 0 Å². The van der Waals surface area contributed by atoms with Crippen LogP contribution >= 0.6 is 0 Å². The van der Waals surface area contributed by atoms with Gasteiger partial charge in [-0.1, -0.05) is 24.3 Å². The van der Waals surface area contributed by atoms with E-state index < -0.39 is 0 Å². The van der Waals surface area contributed by atoms with Crippen LogP contribution in [0.2, 0.25) is 0 Å². The van der Waals surface area contributed by atoms with Crippen molar-refractivity contribution in [1.82, 2.24) is 0 Å². The number of ether oxygens (including phenoxy) is 2. The van der Waals surface area contributed by atoms with Crippen molar-refractivity contribution in [2.45, 2.75) is 18.6 Å². The Hall–Kier alpha value is -0.600. The molecule has 2 heteroatoms. The molecule has 0 aliphatic carbocycles. The number of hydrogen-bond acceptors (Lipinski definition) is 2. The van der Waals surface area contributed by atoms with Crippen LogP contribution in [0.3, 0.4) is 0 Å². The second kappa shape index (κ2) is 2.80. The third-order valence-corrected chi connectivity index (χ3v) is 2.08. The third-order valence-electron chi connectivity index (χ3n) is 2.08. The molecule has 0 N–H and O–H groups in total. The average Bonchev–Trinajstić information content (AvgIpc) is 2.07. The van der Waals surface area contributed by atoms with E-state index in [-0.39, 0.29) is 5.79 Å². The molecule has 0 saturated carbocycles. The van der Waals surface area contributed by atoms with Gasteiger partial charge in [0.25, 0.3) is 0 Å². The Morgan fingerprint density at radius 1 is 0.818 bits per heavy atom. The van der Waals surface area contributed by atoms with Gasteiger partial charge < -0.3 is 9.47 Å². The first-order valence-electron chi connectivity index (χ1n) is 3.99. The van der Waals surface area contributed by atoms with Crippen molar-refractivity contribution in [3.63, 3.8) is 0 Å². The molecule has 11 heavy (non-hydrogen) atoms. The second-order valence-corrected chi connectivity index (χ2v) is 2.88. The molecule has 0 aromatic heterocycles. The minimum Gasteiger partial charge on any atom is -0.345 e. The fraction of sp³-hybridized carbons (Fsp3) is 0.556. The van der Waals surface area contributed by atoms with Crippen LogP contribution in [0, 0.1) is 0 Å². The highest BCUT2D eigenvalue weighted by Gasteiger charge is 2.32. The topological polar surface area (TPSA) is 18.5 Å². The first-order chi connectivity index (χ1) is 5.41. The highest BCUT2D eigenvalue weighted by atomic mass is 16.7. The molecule has 0 radical (unpaired) electrons. The summed E-state index contributed by atoms with van der Waals surface area (Å²) in [6, 6.07) is 0. The lowest BCUT2D eigenvalue weighted by Gasteiger charge is -2.35. The Morgan fingerprint density at radius 2 is 1.36 bits per heavy atom. The molecule has 0 bridgehead atoms. The van der Waals surface area contributed by atoms with Crippen molar-refractivity contribution in [1.29, 1.82) is 0 Å². The molecule has 0 saturated heterocycles. The maximum Gasteiger partial charge on any atom is 0.175 e. The molecule has 2 aliphatic rings. The fourth-order valence-electron chi connectivity index (χ4n) is 1.42. The summed E-state index contributed by atoms with van der Waals surface area (Å²) in [6.07, 6.45) is 10.1. The van der Waals surface area contributed by atoms with Gasteiger partial charge in [-0.25, -0.2) is 0 Å². The summed E-state index contributed by atoms with van der Waals surface area (Å²) in [5.74, 6) is -0.316. The molecule has 2 nitrogen and oxygen atoms in total. The zero-order valence-electron chi connectivity index (χ0n) is 6.45. The number of hydrogen-bond donors (Lipinski definition) is 0.